The zero-order valence-corrected chi connectivity index (χ0v) is 21.0. The van der Waals surface area contributed by atoms with Gasteiger partial charge in [0, 0.05) is 16.9 Å². The lowest BCUT2D eigenvalue weighted by molar-refractivity contribution is -0.112. The van der Waals surface area contributed by atoms with Crippen LogP contribution in [0.25, 0.3) is 11.7 Å². The van der Waals surface area contributed by atoms with Gasteiger partial charge in [0.25, 0.3) is 11.5 Å². The Morgan fingerprint density at radius 1 is 1.06 bits per heavy atom. The summed E-state index contributed by atoms with van der Waals surface area (Å²) in [7, 11) is 0. The normalized spacial score (nSPS) is 11.3. The van der Waals surface area contributed by atoms with E-state index < -0.39 is 11.5 Å². The molecule has 8 heteroatoms. The lowest BCUT2D eigenvalue weighted by Gasteiger charge is -2.12. The van der Waals surface area contributed by atoms with Crippen molar-refractivity contribution in [2.75, 3.05) is 5.32 Å². The molecule has 4 rings (SSSR count). The van der Waals surface area contributed by atoms with Gasteiger partial charge in [-0.25, -0.2) is 0 Å². The second-order valence-corrected chi connectivity index (χ2v) is 8.86. The second-order valence-electron chi connectivity index (χ2n) is 8.46. The van der Waals surface area contributed by atoms with Crippen LogP contribution >= 0.6 is 11.6 Å². The van der Waals surface area contributed by atoms with Crippen LogP contribution in [0.5, 0.6) is 11.6 Å². The van der Waals surface area contributed by atoms with Gasteiger partial charge in [-0.15, -0.1) is 0 Å². The first-order chi connectivity index (χ1) is 17.2. The third kappa shape index (κ3) is 4.99. The molecule has 4 aromatic rings. The van der Waals surface area contributed by atoms with E-state index >= 15 is 0 Å². The molecular weight excluding hydrogens is 476 g/mol. The molecule has 2 aromatic heterocycles. The Morgan fingerprint density at radius 3 is 2.53 bits per heavy atom. The van der Waals surface area contributed by atoms with E-state index in [0.29, 0.717) is 22.1 Å². The predicted molar refractivity (Wildman–Crippen MR) is 141 cm³/mol. The van der Waals surface area contributed by atoms with Crippen LogP contribution < -0.4 is 15.6 Å². The molecule has 0 saturated heterocycles. The number of hydrogen-bond donors (Lipinski definition) is 1. The Bertz CT molecular complexity index is 1650. The molecule has 0 fully saturated rings. The molecule has 1 N–H and O–H groups in total. The fourth-order valence-electron chi connectivity index (χ4n) is 3.60. The summed E-state index contributed by atoms with van der Waals surface area (Å²) in [6, 6.07) is 15.9. The predicted octanol–water partition coefficient (Wildman–Crippen LogP) is 5.92. The summed E-state index contributed by atoms with van der Waals surface area (Å²) in [4.78, 5) is 31.0. The van der Waals surface area contributed by atoms with Crippen molar-refractivity contribution in [1.29, 1.82) is 5.26 Å². The van der Waals surface area contributed by atoms with Crippen LogP contribution in [0, 0.1) is 39.0 Å². The molecule has 1 amide bonds. The minimum Gasteiger partial charge on any atom is -0.438 e. The van der Waals surface area contributed by atoms with Crippen LogP contribution in [-0.4, -0.2) is 15.3 Å². The van der Waals surface area contributed by atoms with Gasteiger partial charge in [-0.1, -0.05) is 23.7 Å². The Hall–Kier alpha value is -4.41. The van der Waals surface area contributed by atoms with Crippen LogP contribution in [0.1, 0.15) is 27.8 Å². The number of aromatic nitrogens is 2. The van der Waals surface area contributed by atoms with E-state index in [2.05, 4.69) is 10.3 Å². The second kappa shape index (κ2) is 10.1. The van der Waals surface area contributed by atoms with Crippen molar-refractivity contribution in [2.45, 2.75) is 27.7 Å². The maximum absolute atomic E-state index is 13.5. The molecular formula is C28H23ClN4O3. The Kier molecular flexibility index (Phi) is 6.91. The van der Waals surface area contributed by atoms with Gasteiger partial charge in [0.15, 0.2) is 0 Å². The fourth-order valence-corrected chi connectivity index (χ4v) is 3.71. The summed E-state index contributed by atoms with van der Waals surface area (Å²) in [5.74, 6) is -0.264. The topological polar surface area (TPSA) is 96.5 Å². The standard InChI is InChI=1S/C28H23ClN4O3/c1-16-7-8-21(12-18(16)3)31-26(34)20(15-30)14-23-27(36-22-9-10-24(29)19(4)13-22)32-25-17(2)6-5-11-33(25)28(23)35/h5-14H,1-4H3,(H,31,34)/b20-14-. The molecule has 36 heavy (non-hydrogen) atoms. The average molecular weight is 499 g/mol. The monoisotopic (exact) mass is 498 g/mol. The first-order valence-corrected chi connectivity index (χ1v) is 11.5. The van der Waals surface area contributed by atoms with Gasteiger partial charge in [-0.2, -0.15) is 10.2 Å². The summed E-state index contributed by atoms with van der Waals surface area (Å²) in [6.45, 7) is 7.55. The van der Waals surface area contributed by atoms with E-state index in [4.69, 9.17) is 16.3 Å². The Morgan fingerprint density at radius 2 is 1.83 bits per heavy atom. The molecule has 2 heterocycles. The highest BCUT2D eigenvalue weighted by Gasteiger charge is 2.18. The summed E-state index contributed by atoms with van der Waals surface area (Å²) in [5, 5.41) is 13.1. The highest BCUT2D eigenvalue weighted by Crippen LogP contribution is 2.28. The van der Waals surface area contributed by atoms with E-state index in [9.17, 15) is 14.9 Å². The largest absolute Gasteiger partial charge is 0.438 e. The van der Waals surface area contributed by atoms with Gasteiger partial charge in [-0.3, -0.25) is 14.0 Å². The number of ether oxygens (including phenoxy) is 1. The number of rotatable bonds is 5. The van der Waals surface area contributed by atoms with Gasteiger partial charge >= 0.3 is 0 Å². The van der Waals surface area contributed by atoms with Crippen LogP contribution in [0.2, 0.25) is 5.02 Å². The summed E-state index contributed by atoms with van der Waals surface area (Å²) in [5.41, 5.74) is 3.79. The molecule has 0 aliphatic carbocycles. The van der Waals surface area contributed by atoms with Crippen LogP contribution in [0.15, 0.2) is 65.1 Å². The third-order valence-electron chi connectivity index (χ3n) is 5.81. The molecule has 0 spiro atoms. The van der Waals surface area contributed by atoms with Crippen LogP contribution in [-0.2, 0) is 4.79 Å². The fraction of sp³-hybridized carbons (Fsp3) is 0.143. The van der Waals surface area contributed by atoms with Crippen molar-refractivity contribution >= 4 is 34.9 Å². The highest BCUT2D eigenvalue weighted by atomic mass is 35.5. The van der Waals surface area contributed by atoms with Crippen LogP contribution in [0.4, 0.5) is 5.69 Å². The van der Waals surface area contributed by atoms with E-state index in [1.54, 1.807) is 36.5 Å². The molecule has 7 nitrogen and oxygen atoms in total. The molecule has 0 aliphatic rings. The minimum atomic E-state index is -0.650. The van der Waals surface area contributed by atoms with Crippen molar-refractivity contribution in [3.8, 4) is 17.7 Å². The van der Waals surface area contributed by atoms with Gasteiger partial charge in [0.2, 0.25) is 5.88 Å². The van der Waals surface area contributed by atoms with Gasteiger partial charge < -0.3 is 10.1 Å². The number of carbonyl (C=O) groups excluding carboxylic acids is 1. The van der Waals surface area contributed by atoms with Crippen molar-refractivity contribution < 1.29 is 9.53 Å². The van der Waals surface area contributed by atoms with Gasteiger partial charge in [-0.05, 0) is 92.4 Å². The number of fused-ring (bicyclic) bond motifs is 1. The number of nitrogens with one attached hydrogen (secondary N) is 1. The lowest BCUT2D eigenvalue weighted by atomic mass is 10.1. The SMILES string of the molecule is Cc1ccc(NC(=O)/C(C#N)=C\c2c(Oc3ccc(Cl)c(C)c3)nc3c(C)cccn3c2=O)cc1C. The van der Waals surface area contributed by atoms with E-state index in [-0.39, 0.29) is 17.0 Å². The molecule has 180 valence electrons. The molecule has 2 aromatic carbocycles. The molecule has 0 radical (unpaired) electrons. The lowest BCUT2D eigenvalue weighted by Crippen LogP contribution is -2.20. The average Bonchev–Trinajstić information content (AvgIpc) is 2.84. The number of pyridine rings is 1. The maximum Gasteiger partial charge on any atom is 0.269 e. The number of nitriles is 1. The first kappa shape index (κ1) is 24.7. The highest BCUT2D eigenvalue weighted by molar-refractivity contribution is 6.31. The van der Waals surface area contributed by atoms with E-state index in [0.717, 1.165) is 22.3 Å². The van der Waals surface area contributed by atoms with Crippen molar-refractivity contribution in [2.24, 2.45) is 0 Å². The van der Waals surface area contributed by atoms with Gasteiger partial charge in [0.1, 0.15) is 28.6 Å². The Balaban J connectivity index is 1.83. The van der Waals surface area contributed by atoms with Crippen molar-refractivity contribution in [1.82, 2.24) is 9.38 Å². The summed E-state index contributed by atoms with van der Waals surface area (Å²) < 4.78 is 7.35. The third-order valence-corrected chi connectivity index (χ3v) is 6.24. The number of halogens is 1. The minimum absolute atomic E-state index is 0.0252. The first-order valence-electron chi connectivity index (χ1n) is 11.1. The van der Waals surface area contributed by atoms with Crippen molar-refractivity contribution in [3.05, 3.63) is 103 Å². The van der Waals surface area contributed by atoms with Gasteiger partial charge in [0.05, 0.1) is 0 Å². The summed E-state index contributed by atoms with van der Waals surface area (Å²) >= 11 is 6.13. The Labute approximate surface area is 213 Å². The molecule has 0 atom stereocenters. The molecule has 0 saturated carbocycles. The zero-order valence-electron chi connectivity index (χ0n) is 20.2. The number of benzene rings is 2. The number of carbonyl (C=O) groups is 1. The van der Waals surface area contributed by atoms with Crippen molar-refractivity contribution in [3.63, 3.8) is 0 Å². The van der Waals surface area contributed by atoms with Crippen LogP contribution in [0.3, 0.4) is 0 Å². The summed E-state index contributed by atoms with van der Waals surface area (Å²) in [6.07, 6.45) is 2.78. The molecule has 0 aliphatic heterocycles. The van der Waals surface area contributed by atoms with E-state index in [1.807, 2.05) is 52.0 Å². The quantitative estimate of drug-likeness (QED) is 0.272. The number of anilines is 1. The molecule has 0 unspecified atom stereocenters. The maximum atomic E-state index is 13.5. The number of amides is 1. The molecule has 0 bridgehead atoms. The number of aryl methyl sites for hydroxylation is 4. The number of nitrogens with zero attached hydrogens (tertiary/aromatic N) is 3. The number of hydrogen-bond acceptors (Lipinski definition) is 5. The zero-order chi connectivity index (χ0) is 26.0. The smallest absolute Gasteiger partial charge is 0.269 e. The van der Waals surface area contributed by atoms with E-state index in [1.165, 1.54) is 10.5 Å².